The maximum Gasteiger partial charge on any atom is 0.251 e. The SMILES string of the molecule is CCN(C(=O)CC1CCN(CCC2CC2(F)F)C1=O)c1cn(-c2cccnc2)nc1Cl. The number of rotatable bonds is 8. The first-order valence-corrected chi connectivity index (χ1v) is 10.8. The number of carbonyl (C=O) groups is 2. The minimum Gasteiger partial charge on any atom is -0.342 e. The number of pyridine rings is 1. The lowest BCUT2D eigenvalue weighted by molar-refractivity contribution is -0.133. The molecule has 0 radical (unpaired) electrons. The van der Waals surface area contributed by atoms with Gasteiger partial charge in [0.2, 0.25) is 11.8 Å². The van der Waals surface area contributed by atoms with Crippen LogP contribution in [0.1, 0.15) is 32.6 Å². The molecule has 2 aliphatic rings. The van der Waals surface area contributed by atoms with Crippen molar-refractivity contribution in [2.45, 2.75) is 38.5 Å². The lowest BCUT2D eigenvalue weighted by Crippen LogP contribution is -2.34. The Morgan fingerprint density at radius 2 is 2.19 bits per heavy atom. The molecule has 31 heavy (non-hydrogen) atoms. The van der Waals surface area contributed by atoms with E-state index in [1.807, 2.05) is 13.0 Å². The highest BCUT2D eigenvalue weighted by molar-refractivity contribution is 6.32. The van der Waals surface area contributed by atoms with Crippen molar-refractivity contribution in [3.63, 3.8) is 0 Å². The second-order valence-corrected chi connectivity index (χ2v) is 8.42. The van der Waals surface area contributed by atoms with Crippen molar-refractivity contribution in [3.05, 3.63) is 35.9 Å². The molecule has 1 aliphatic carbocycles. The average Bonchev–Trinajstić information content (AvgIpc) is 3.02. The van der Waals surface area contributed by atoms with E-state index in [1.54, 1.807) is 34.2 Å². The van der Waals surface area contributed by atoms with E-state index in [1.165, 1.54) is 4.90 Å². The number of carbonyl (C=O) groups excluding carboxylic acids is 2. The summed E-state index contributed by atoms with van der Waals surface area (Å²) in [7, 11) is 0. The number of halogens is 3. The van der Waals surface area contributed by atoms with Crippen LogP contribution in [-0.4, -0.2) is 57.0 Å². The topological polar surface area (TPSA) is 71.3 Å². The fourth-order valence-corrected chi connectivity index (χ4v) is 4.29. The molecule has 7 nitrogen and oxygen atoms in total. The molecule has 4 rings (SSSR count). The lowest BCUT2D eigenvalue weighted by atomic mass is 10.0. The molecule has 2 aromatic heterocycles. The summed E-state index contributed by atoms with van der Waals surface area (Å²) in [6, 6.07) is 3.59. The van der Waals surface area contributed by atoms with E-state index in [2.05, 4.69) is 10.1 Å². The van der Waals surface area contributed by atoms with Crippen LogP contribution in [-0.2, 0) is 9.59 Å². The predicted octanol–water partition coefficient (Wildman–Crippen LogP) is 3.56. The van der Waals surface area contributed by atoms with Crippen molar-refractivity contribution in [3.8, 4) is 5.69 Å². The van der Waals surface area contributed by atoms with Crippen LogP contribution in [0, 0.1) is 11.8 Å². The Morgan fingerprint density at radius 1 is 1.42 bits per heavy atom. The largest absolute Gasteiger partial charge is 0.342 e. The molecule has 2 amide bonds. The summed E-state index contributed by atoms with van der Waals surface area (Å²) >= 11 is 6.30. The van der Waals surface area contributed by atoms with Gasteiger partial charge in [0.15, 0.2) is 5.15 Å². The van der Waals surface area contributed by atoms with Gasteiger partial charge >= 0.3 is 0 Å². The summed E-state index contributed by atoms with van der Waals surface area (Å²) in [5.74, 6) is -3.97. The number of amides is 2. The molecule has 0 bridgehead atoms. The van der Waals surface area contributed by atoms with Gasteiger partial charge in [-0.3, -0.25) is 14.6 Å². The van der Waals surface area contributed by atoms with E-state index in [-0.39, 0.29) is 29.8 Å². The Hall–Kier alpha value is -2.55. The van der Waals surface area contributed by atoms with Gasteiger partial charge in [0.25, 0.3) is 5.92 Å². The molecule has 10 heteroatoms. The van der Waals surface area contributed by atoms with Crippen molar-refractivity contribution < 1.29 is 18.4 Å². The van der Waals surface area contributed by atoms with Gasteiger partial charge in [-0.25, -0.2) is 13.5 Å². The molecule has 1 aliphatic heterocycles. The van der Waals surface area contributed by atoms with E-state index in [9.17, 15) is 18.4 Å². The summed E-state index contributed by atoms with van der Waals surface area (Å²) in [5.41, 5.74) is 1.18. The fraction of sp³-hybridized carbons (Fsp3) is 0.524. The molecule has 166 valence electrons. The molecular weight excluding hydrogens is 428 g/mol. The number of aromatic nitrogens is 3. The zero-order valence-electron chi connectivity index (χ0n) is 17.2. The average molecular weight is 452 g/mol. The number of hydrogen-bond donors (Lipinski definition) is 0. The molecule has 1 saturated heterocycles. The monoisotopic (exact) mass is 451 g/mol. The number of anilines is 1. The zero-order chi connectivity index (χ0) is 22.2. The Bertz CT molecular complexity index is 968. The molecule has 3 heterocycles. The molecule has 2 fully saturated rings. The van der Waals surface area contributed by atoms with Gasteiger partial charge in [-0.2, -0.15) is 5.10 Å². The van der Waals surface area contributed by atoms with Gasteiger partial charge in [-0.1, -0.05) is 11.6 Å². The first kappa shape index (κ1) is 21.7. The number of hydrogen-bond acceptors (Lipinski definition) is 4. The smallest absolute Gasteiger partial charge is 0.251 e. The van der Waals surface area contributed by atoms with Crippen molar-refractivity contribution in [1.82, 2.24) is 19.7 Å². The van der Waals surface area contributed by atoms with Crippen molar-refractivity contribution in [2.75, 3.05) is 24.5 Å². The van der Waals surface area contributed by atoms with E-state index in [0.29, 0.717) is 43.9 Å². The molecular formula is C21H24ClF2N5O2. The number of alkyl halides is 2. The zero-order valence-corrected chi connectivity index (χ0v) is 17.9. The lowest BCUT2D eigenvalue weighted by Gasteiger charge is -2.21. The third-order valence-corrected chi connectivity index (χ3v) is 6.27. The van der Waals surface area contributed by atoms with E-state index in [0.717, 1.165) is 0 Å². The number of nitrogens with zero attached hydrogens (tertiary/aromatic N) is 5. The van der Waals surface area contributed by atoms with Crippen LogP contribution in [0.5, 0.6) is 0 Å². The summed E-state index contributed by atoms with van der Waals surface area (Å²) in [6.45, 7) is 3.03. The normalized spacial score (nSPS) is 22.1. The van der Waals surface area contributed by atoms with Crippen molar-refractivity contribution in [2.24, 2.45) is 11.8 Å². The summed E-state index contributed by atoms with van der Waals surface area (Å²) < 4.78 is 27.7. The Labute approximate surface area is 184 Å². The Morgan fingerprint density at radius 3 is 2.84 bits per heavy atom. The van der Waals surface area contributed by atoms with Crippen LogP contribution in [0.25, 0.3) is 5.69 Å². The molecule has 0 spiro atoms. The first-order valence-electron chi connectivity index (χ1n) is 10.4. The third-order valence-electron chi connectivity index (χ3n) is 6.00. The second kappa shape index (κ2) is 8.53. The first-order chi connectivity index (χ1) is 14.8. The van der Waals surface area contributed by atoms with E-state index >= 15 is 0 Å². The minimum atomic E-state index is -2.57. The van der Waals surface area contributed by atoms with Gasteiger partial charge in [0, 0.05) is 50.5 Å². The highest BCUT2D eigenvalue weighted by atomic mass is 35.5. The van der Waals surface area contributed by atoms with Crippen LogP contribution < -0.4 is 4.90 Å². The van der Waals surface area contributed by atoms with Crippen molar-refractivity contribution >= 4 is 29.1 Å². The summed E-state index contributed by atoms with van der Waals surface area (Å²) in [6.07, 6.45) is 5.77. The van der Waals surface area contributed by atoms with Crippen LogP contribution in [0.15, 0.2) is 30.7 Å². The van der Waals surface area contributed by atoms with Gasteiger partial charge in [0.05, 0.1) is 18.1 Å². The summed E-state index contributed by atoms with van der Waals surface area (Å²) in [5, 5.41) is 4.45. The van der Waals surface area contributed by atoms with Crippen LogP contribution in [0.4, 0.5) is 14.5 Å². The standard InChI is InChI=1S/C21H24ClF2N5O2/c1-2-28(17-13-29(26-19(17)22)16-4-3-7-25-12-16)18(30)10-14-5-8-27(20(14)31)9-6-15-11-21(15,23)24/h3-4,7,12-15H,2,5-6,8-11H2,1H3. The molecule has 2 aromatic rings. The molecule has 0 aromatic carbocycles. The van der Waals surface area contributed by atoms with E-state index in [4.69, 9.17) is 11.6 Å². The Balaban J connectivity index is 1.38. The fourth-order valence-electron chi connectivity index (χ4n) is 4.06. The summed E-state index contributed by atoms with van der Waals surface area (Å²) in [4.78, 5) is 32.8. The van der Waals surface area contributed by atoms with Crippen LogP contribution in [0.2, 0.25) is 5.15 Å². The highest BCUT2D eigenvalue weighted by Gasteiger charge is 2.56. The maximum absolute atomic E-state index is 13.1. The second-order valence-electron chi connectivity index (χ2n) is 8.06. The maximum atomic E-state index is 13.1. The minimum absolute atomic E-state index is 0.0527. The third kappa shape index (κ3) is 4.56. The molecule has 2 atom stereocenters. The molecule has 1 saturated carbocycles. The van der Waals surface area contributed by atoms with E-state index < -0.39 is 17.8 Å². The quantitative estimate of drug-likeness (QED) is 0.615. The molecule has 2 unspecified atom stereocenters. The van der Waals surface area contributed by atoms with Gasteiger partial charge < -0.3 is 9.80 Å². The number of likely N-dealkylation sites (tertiary alicyclic amines) is 1. The predicted molar refractivity (Wildman–Crippen MR) is 111 cm³/mol. The van der Waals surface area contributed by atoms with Gasteiger partial charge in [0.1, 0.15) is 5.69 Å². The van der Waals surface area contributed by atoms with Gasteiger partial charge in [-0.15, -0.1) is 0 Å². The molecule has 0 N–H and O–H groups in total. The van der Waals surface area contributed by atoms with Crippen LogP contribution >= 0.6 is 11.6 Å². The highest BCUT2D eigenvalue weighted by Crippen LogP contribution is 2.50. The van der Waals surface area contributed by atoms with Gasteiger partial charge in [-0.05, 0) is 31.9 Å². The van der Waals surface area contributed by atoms with Crippen LogP contribution in [0.3, 0.4) is 0 Å². The van der Waals surface area contributed by atoms with Crippen molar-refractivity contribution in [1.29, 1.82) is 0 Å². The Kier molecular flexibility index (Phi) is 5.96.